The third-order valence-corrected chi connectivity index (χ3v) is 4.55. The van der Waals surface area contributed by atoms with Crippen molar-refractivity contribution in [1.82, 2.24) is 0 Å². The molecule has 0 amide bonds. The van der Waals surface area contributed by atoms with Crippen LogP contribution in [0.2, 0.25) is 0 Å². The van der Waals surface area contributed by atoms with Crippen LogP contribution in [-0.2, 0) is 6.61 Å². The zero-order valence-corrected chi connectivity index (χ0v) is 14.0. The van der Waals surface area contributed by atoms with E-state index in [1.54, 1.807) is 0 Å². The van der Waals surface area contributed by atoms with Crippen molar-refractivity contribution in [2.24, 2.45) is 5.92 Å². The summed E-state index contributed by atoms with van der Waals surface area (Å²) in [6.45, 7) is 1.30. The van der Waals surface area contributed by atoms with Crippen molar-refractivity contribution in [3.05, 3.63) is 59.7 Å². The van der Waals surface area contributed by atoms with Crippen molar-refractivity contribution in [2.75, 3.05) is 6.61 Å². The van der Waals surface area contributed by atoms with Crippen LogP contribution in [0.1, 0.15) is 43.2 Å². The van der Waals surface area contributed by atoms with Crippen LogP contribution in [0, 0.1) is 18.3 Å². The van der Waals surface area contributed by atoms with Gasteiger partial charge in [-0.1, -0.05) is 55.5 Å². The lowest BCUT2D eigenvalue weighted by Crippen LogP contribution is -2.15. The number of hydrogen-bond acceptors (Lipinski definition) is 2. The molecule has 24 heavy (non-hydrogen) atoms. The molecule has 0 spiro atoms. The molecule has 0 unspecified atom stereocenters. The molecule has 2 heteroatoms. The van der Waals surface area contributed by atoms with Gasteiger partial charge in [-0.25, -0.2) is 0 Å². The van der Waals surface area contributed by atoms with E-state index in [0.717, 1.165) is 29.2 Å². The third kappa shape index (κ3) is 4.55. The standard InChI is InChI=1S/C22H24O2/c1-2-20-15-21(23-16-18-9-5-3-6-10-18)13-14-22(20)24-17-19-11-7-4-8-12-19/h1,3,5-6,9-10,13-15,19H,4,7-8,11-12,16-17H2. The SMILES string of the molecule is C#Cc1cc(OCc2ccccc2)ccc1OCC1CCCCC1. The van der Waals surface area contributed by atoms with Crippen LogP contribution < -0.4 is 9.47 Å². The van der Waals surface area contributed by atoms with Gasteiger partial charge in [0.25, 0.3) is 0 Å². The molecule has 0 atom stereocenters. The number of terminal acetylenes is 1. The van der Waals surface area contributed by atoms with E-state index >= 15 is 0 Å². The Hall–Kier alpha value is -2.40. The van der Waals surface area contributed by atoms with Crippen molar-refractivity contribution >= 4 is 0 Å². The minimum atomic E-state index is 0.535. The molecular formula is C22H24O2. The molecule has 3 rings (SSSR count). The Balaban J connectivity index is 1.59. The Morgan fingerprint density at radius 1 is 0.958 bits per heavy atom. The highest BCUT2D eigenvalue weighted by Gasteiger charge is 2.15. The van der Waals surface area contributed by atoms with Gasteiger partial charge < -0.3 is 9.47 Å². The highest BCUT2D eigenvalue weighted by molar-refractivity contribution is 5.49. The maximum Gasteiger partial charge on any atom is 0.135 e. The lowest BCUT2D eigenvalue weighted by Gasteiger charge is -2.22. The van der Waals surface area contributed by atoms with Crippen molar-refractivity contribution in [3.8, 4) is 23.8 Å². The molecule has 0 aliphatic heterocycles. The zero-order valence-electron chi connectivity index (χ0n) is 14.0. The molecular weight excluding hydrogens is 296 g/mol. The predicted octanol–water partition coefficient (Wildman–Crippen LogP) is 5.21. The van der Waals surface area contributed by atoms with Gasteiger partial charge in [-0.3, -0.25) is 0 Å². The van der Waals surface area contributed by atoms with Gasteiger partial charge in [-0.2, -0.15) is 0 Å². The monoisotopic (exact) mass is 320 g/mol. The van der Waals surface area contributed by atoms with E-state index in [1.165, 1.54) is 32.1 Å². The number of rotatable bonds is 6. The molecule has 2 aromatic carbocycles. The summed E-state index contributed by atoms with van der Waals surface area (Å²) in [5.74, 6) is 4.94. The average molecular weight is 320 g/mol. The highest BCUT2D eigenvalue weighted by atomic mass is 16.5. The van der Waals surface area contributed by atoms with E-state index in [2.05, 4.69) is 5.92 Å². The fourth-order valence-corrected chi connectivity index (χ4v) is 3.14. The second-order valence-electron chi connectivity index (χ2n) is 6.39. The molecule has 1 saturated carbocycles. The quantitative estimate of drug-likeness (QED) is 0.681. The number of benzene rings is 2. The maximum absolute atomic E-state index is 5.99. The summed E-state index contributed by atoms with van der Waals surface area (Å²) < 4.78 is 11.8. The van der Waals surface area contributed by atoms with Crippen molar-refractivity contribution in [3.63, 3.8) is 0 Å². The first-order chi connectivity index (χ1) is 11.8. The molecule has 2 nitrogen and oxygen atoms in total. The topological polar surface area (TPSA) is 18.5 Å². The molecule has 1 aliphatic carbocycles. The lowest BCUT2D eigenvalue weighted by molar-refractivity contribution is 0.208. The van der Waals surface area contributed by atoms with Crippen molar-refractivity contribution < 1.29 is 9.47 Å². The fourth-order valence-electron chi connectivity index (χ4n) is 3.14. The van der Waals surface area contributed by atoms with Gasteiger partial charge in [-0.15, -0.1) is 6.42 Å². The molecule has 0 aromatic heterocycles. The van der Waals surface area contributed by atoms with Gasteiger partial charge in [0.1, 0.15) is 18.1 Å². The third-order valence-electron chi connectivity index (χ3n) is 4.55. The Labute approximate surface area is 144 Å². The summed E-state index contributed by atoms with van der Waals surface area (Å²) in [5.41, 5.74) is 1.90. The minimum absolute atomic E-state index is 0.535. The molecule has 0 N–H and O–H groups in total. The normalized spacial score (nSPS) is 14.8. The van der Waals surface area contributed by atoms with Crippen LogP contribution in [0.3, 0.4) is 0 Å². The van der Waals surface area contributed by atoms with Gasteiger partial charge in [0, 0.05) is 0 Å². The lowest BCUT2D eigenvalue weighted by atomic mass is 9.90. The first-order valence-corrected chi connectivity index (χ1v) is 8.75. The summed E-state index contributed by atoms with van der Waals surface area (Å²) >= 11 is 0. The van der Waals surface area contributed by atoms with Gasteiger partial charge in [0.05, 0.1) is 12.2 Å². The number of ether oxygens (including phenoxy) is 2. The van der Waals surface area contributed by atoms with Crippen LogP contribution in [0.25, 0.3) is 0 Å². The largest absolute Gasteiger partial charge is 0.492 e. The van der Waals surface area contributed by atoms with Gasteiger partial charge in [0.15, 0.2) is 0 Å². The summed E-state index contributed by atoms with van der Waals surface area (Å²) in [7, 11) is 0. The van der Waals surface area contributed by atoms with E-state index in [0.29, 0.717) is 12.5 Å². The molecule has 0 heterocycles. The minimum Gasteiger partial charge on any atom is -0.492 e. The van der Waals surface area contributed by atoms with Gasteiger partial charge in [-0.05, 0) is 42.5 Å². The molecule has 0 bridgehead atoms. The van der Waals surface area contributed by atoms with Crippen LogP contribution >= 0.6 is 0 Å². The number of hydrogen-bond donors (Lipinski definition) is 0. The smallest absolute Gasteiger partial charge is 0.135 e. The van der Waals surface area contributed by atoms with E-state index in [4.69, 9.17) is 15.9 Å². The van der Waals surface area contributed by atoms with Crippen molar-refractivity contribution in [2.45, 2.75) is 38.7 Å². The second-order valence-corrected chi connectivity index (χ2v) is 6.39. The Bertz CT molecular complexity index is 679. The summed E-state index contributed by atoms with van der Waals surface area (Å²) in [5, 5.41) is 0. The van der Waals surface area contributed by atoms with E-state index in [9.17, 15) is 0 Å². The molecule has 124 valence electrons. The molecule has 1 aliphatic rings. The molecule has 0 radical (unpaired) electrons. The van der Waals surface area contributed by atoms with Crippen molar-refractivity contribution in [1.29, 1.82) is 0 Å². The first-order valence-electron chi connectivity index (χ1n) is 8.75. The van der Waals surface area contributed by atoms with Gasteiger partial charge >= 0.3 is 0 Å². The molecule has 2 aromatic rings. The van der Waals surface area contributed by atoms with Crippen LogP contribution in [0.4, 0.5) is 0 Å². The second kappa shape index (κ2) is 8.45. The zero-order chi connectivity index (χ0) is 16.6. The average Bonchev–Trinajstić information content (AvgIpc) is 2.66. The summed E-state index contributed by atoms with van der Waals surface area (Å²) in [6, 6.07) is 15.9. The molecule has 1 fully saturated rings. The van der Waals surface area contributed by atoms with Gasteiger partial charge in [0.2, 0.25) is 0 Å². The summed E-state index contributed by atoms with van der Waals surface area (Å²) in [4.78, 5) is 0. The maximum atomic E-state index is 5.99. The first kappa shape index (κ1) is 16.5. The Morgan fingerprint density at radius 3 is 2.50 bits per heavy atom. The Kier molecular flexibility index (Phi) is 5.80. The highest BCUT2D eigenvalue weighted by Crippen LogP contribution is 2.28. The van der Waals surface area contributed by atoms with E-state index < -0.39 is 0 Å². The van der Waals surface area contributed by atoms with Crippen LogP contribution in [0.5, 0.6) is 11.5 Å². The predicted molar refractivity (Wildman–Crippen MR) is 97.2 cm³/mol. The Morgan fingerprint density at radius 2 is 1.75 bits per heavy atom. The molecule has 0 saturated heterocycles. The van der Waals surface area contributed by atoms with Crippen LogP contribution in [0.15, 0.2) is 48.5 Å². The van der Waals surface area contributed by atoms with E-state index in [1.807, 2.05) is 48.5 Å². The fraction of sp³-hybridized carbons (Fsp3) is 0.364. The van der Waals surface area contributed by atoms with Crippen LogP contribution in [-0.4, -0.2) is 6.61 Å². The summed E-state index contributed by atoms with van der Waals surface area (Å²) in [6.07, 6.45) is 12.2. The van der Waals surface area contributed by atoms with E-state index in [-0.39, 0.29) is 0 Å².